The Morgan fingerprint density at radius 3 is 2.38 bits per heavy atom. The van der Waals surface area contributed by atoms with Crippen LogP contribution in [0.4, 0.5) is 11.4 Å². The number of halogens is 2. The third-order valence-electron chi connectivity index (χ3n) is 3.22. The molecule has 0 spiro atoms. The van der Waals surface area contributed by atoms with Crippen LogP contribution in [0.5, 0.6) is 0 Å². The number of hydrogen-bond acceptors (Lipinski definition) is 3. The third kappa shape index (κ3) is 3.83. The van der Waals surface area contributed by atoms with Crippen LogP contribution < -0.4 is 5.32 Å². The summed E-state index contributed by atoms with van der Waals surface area (Å²) in [6.45, 7) is 3.74. The van der Waals surface area contributed by atoms with Gasteiger partial charge in [0.2, 0.25) is 0 Å². The fourth-order valence-corrected chi connectivity index (χ4v) is 2.87. The molecule has 0 saturated heterocycles. The number of nitro groups is 1. The van der Waals surface area contributed by atoms with Crippen molar-refractivity contribution in [2.24, 2.45) is 0 Å². The second kappa shape index (κ2) is 6.58. The van der Waals surface area contributed by atoms with Crippen LogP contribution in [0, 0.1) is 17.0 Å². The van der Waals surface area contributed by atoms with E-state index in [1.54, 1.807) is 19.1 Å². The minimum atomic E-state index is -0.364. The van der Waals surface area contributed by atoms with Gasteiger partial charge in [0.05, 0.1) is 10.6 Å². The normalized spacial score (nSPS) is 12.0. The SMILES string of the molecule is Cc1cc(Br)c(NC(C)c2ccc(Br)cc2)cc1[N+](=O)[O-]. The first kappa shape index (κ1) is 16.0. The average molecular weight is 414 g/mol. The lowest BCUT2D eigenvalue weighted by atomic mass is 10.1. The molecular formula is C15H14Br2N2O2. The quantitative estimate of drug-likeness (QED) is 0.524. The summed E-state index contributed by atoms with van der Waals surface area (Å²) in [5, 5.41) is 14.3. The third-order valence-corrected chi connectivity index (χ3v) is 4.41. The number of hydrogen-bond donors (Lipinski definition) is 1. The van der Waals surface area contributed by atoms with Gasteiger partial charge in [-0.25, -0.2) is 0 Å². The molecule has 21 heavy (non-hydrogen) atoms. The fraction of sp³-hybridized carbons (Fsp3) is 0.200. The Morgan fingerprint density at radius 1 is 1.19 bits per heavy atom. The molecule has 1 N–H and O–H groups in total. The van der Waals surface area contributed by atoms with Gasteiger partial charge in [-0.3, -0.25) is 10.1 Å². The van der Waals surface area contributed by atoms with Crippen molar-refractivity contribution in [3.05, 3.63) is 66.6 Å². The monoisotopic (exact) mass is 412 g/mol. The largest absolute Gasteiger partial charge is 0.377 e. The molecule has 0 fully saturated rings. The number of nitrogens with zero attached hydrogens (tertiary/aromatic N) is 1. The zero-order valence-electron chi connectivity index (χ0n) is 11.6. The van der Waals surface area contributed by atoms with E-state index in [2.05, 4.69) is 37.2 Å². The highest BCUT2D eigenvalue weighted by Gasteiger charge is 2.16. The van der Waals surface area contributed by atoms with Crippen molar-refractivity contribution in [2.45, 2.75) is 19.9 Å². The van der Waals surface area contributed by atoms with E-state index in [1.165, 1.54) is 0 Å². The van der Waals surface area contributed by atoms with Gasteiger partial charge in [0.15, 0.2) is 0 Å². The molecule has 0 aromatic heterocycles. The number of nitro benzene ring substituents is 1. The van der Waals surface area contributed by atoms with Crippen molar-refractivity contribution in [3.63, 3.8) is 0 Å². The summed E-state index contributed by atoms with van der Waals surface area (Å²) in [6, 6.07) is 11.3. The first-order chi connectivity index (χ1) is 9.88. The predicted molar refractivity (Wildman–Crippen MR) is 91.7 cm³/mol. The van der Waals surface area contributed by atoms with Gasteiger partial charge in [0.1, 0.15) is 0 Å². The van der Waals surface area contributed by atoms with Gasteiger partial charge in [-0.15, -0.1) is 0 Å². The number of anilines is 1. The highest BCUT2D eigenvalue weighted by atomic mass is 79.9. The van der Waals surface area contributed by atoms with Gasteiger partial charge in [0, 0.05) is 26.6 Å². The minimum absolute atomic E-state index is 0.0386. The van der Waals surface area contributed by atoms with Crippen molar-refractivity contribution >= 4 is 43.2 Å². The predicted octanol–water partition coefficient (Wildman–Crippen LogP) is 5.60. The van der Waals surface area contributed by atoms with E-state index >= 15 is 0 Å². The van der Waals surface area contributed by atoms with Crippen LogP contribution in [-0.2, 0) is 0 Å². The molecule has 2 aromatic carbocycles. The van der Waals surface area contributed by atoms with E-state index in [1.807, 2.05) is 31.2 Å². The molecule has 2 rings (SSSR count). The molecule has 0 aliphatic rings. The number of nitrogens with one attached hydrogen (secondary N) is 1. The topological polar surface area (TPSA) is 55.2 Å². The van der Waals surface area contributed by atoms with Gasteiger partial charge >= 0.3 is 0 Å². The Kier molecular flexibility index (Phi) is 5.00. The molecule has 0 amide bonds. The van der Waals surface area contributed by atoms with Crippen LogP contribution >= 0.6 is 31.9 Å². The van der Waals surface area contributed by atoms with Gasteiger partial charge in [-0.2, -0.15) is 0 Å². The van der Waals surface area contributed by atoms with Crippen molar-refractivity contribution in [1.29, 1.82) is 0 Å². The van der Waals surface area contributed by atoms with Crippen LogP contribution in [0.3, 0.4) is 0 Å². The Bertz CT molecular complexity index is 672. The summed E-state index contributed by atoms with van der Waals surface area (Å²) in [5.74, 6) is 0. The Labute approximate surface area is 140 Å². The second-order valence-corrected chi connectivity index (χ2v) is 6.56. The maximum atomic E-state index is 11.0. The van der Waals surface area contributed by atoms with Crippen LogP contribution in [-0.4, -0.2) is 4.92 Å². The molecule has 1 atom stereocenters. The van der Waals surface area contributed by atoms with E-state index < -0.39 is 0 Å². The first-order valence-corrected chi connectivity index (χ1v) is 7.93. The van der Waals surface area contributed by atoms with Crippen LogP contribution in [0.25, 0.3) is 0 Å². The molecule has 6 heteroatoms. The van der Waals surface area contributed by atoms with Crippen LogP contribution in [0.15, 0.2) is 45.3 Å². The molecule has 0 saturated carbocycles. The standard InChI is InChI=1S/C15H14Br2N2O2/c1-9-7-13(17)14(8-15(9)19(20)21)18-10(2)11-3-5-12(16)6-4-11/h3-8,10,18H,1-2H3. The van der Waals surface area contributed by atoms with E-state index in [0.717, 1.165) is 14.5 Å². The van der Waals surface area contributed by atoms with E-state index in [9.17, 15) is 10.1 Å². The Hall–Kier alpha value is -1.40. The first-order valence-electron chi connectivity index (χ1n) is 6.35. The lowest BCUT2D eigenvalue weighted by molar-refractivity contribution is -0.385. The van der Waals surface area contributed by atoms with E-state index in [0.29, 0.717) is 11.3 Å². The Morgan fingerprint density at radius 2 is 1.81 bits per heavy atom. The number of benzene rings is 2. The van der Waals surface area contributed by atoms with Crippen molar-refractivity contribution in [3.8, 4) is 0 Å². The highest BCUT2D eigenvalue weighted by Crippen LogP contribution is 2.33. The second-order valence-electron chi connectivity index (χ2n) is 4.79. The summed E-state index contributed by atoms with van der Waals surface area (Å²) in [6.07, 6.45) is 0. The van der Waals surface area contributed by atoms with Crippen molar-refractivity contribution in [2.75, 3.05) is 5.32 Å². The van der Waals surface area contributed by atoms with Crippen LogP contribution in [0.1, 0.15) is 24.1 Å². The fourth-order valence-electron chi connectivity index (χ4n) is 2.04. The number of rotatable bonds is 4. The molecule has 4 nitrogen and oxygen atoms in total. The average Bonchev–Trinajstić information content (AvgIpc) is 2.42. The summed E-state index contributed by atoms with van der Waals surface area (Å²) < 4.78 is 1.83. The van der Waals surface area contributed by atoms with Crippen molar-refractivity contribution in [1.82, 2.24) is 0 Å². The van der Waals surface area contributed by atoms with E-state index in [-0.39, 0.29) is 16.7 Å². The van der Waals surface area contributed by atoms with Crippen molar-refractivity contribution < 1.29 is 4.92 Å². The summed E-state index contributed by atoms with van der Waals surface area (Å²) in [7, 11) is 0. The molecule has 110 valence electrons. The zero-order valence-corrected chi connectivity index (χ0v) is 14.7. The zero-order chi connectivity index (χ0) is 15.6. The summed E-state index contributed by atoms with van der Waals surface area (Å²) in [4.78, 5) is 10.7. The molecule has 1 unspecified atom stereocenters. The lowest BCUT2D eigenvalue weighted by Crippen LogP contribution is -2.07. The highest BCUT2D eigenvalue weighted by molar-refractivity contribution is 9.10. The van der Waals surface area contributed by atoms with E-state index in [4.69, 9.17) is 0 Å². The molecule has 0 aliphatic heterocycles. The van der Waals surface area contributed by atoms with Gasteiger partial charge < -0.3 is 5.32 Å². The van der Waals surface area contributed by atoms with Gasteiger partial charge in [-0.1, -0.05) is 28.1 Å². The molecule has 0 bridgehead atoms. The van der Waals surface area contributed by atoms with Crippen LogP contribution in [0.2, 0.25) is 0 Å². The summed E-state index contributed by atoms with van der Waals surface area (Å²) in [5.41, 5.74) is 2.56. The maximum Gasteiger partial charge on any atom is 0.274 e. The molecular weight excluding hydrogens is 400 g/mol. The Balaban J connectivity index is 2.28. The van der Waals surface area contributed by atoms with Gasteiger partial charge in [-0.05, 0) is 53.5 Å². The lowest BCUT2D eigenvalue weighted by Gasteiger charge is -2.17. The molecule has 0 radical (unpaired) electrons. The molecule has 2 aromatic rings. The smallest absolute Gasteiger partial charge is 0.274 e. The maximum absolute atomic E-state index is 11.0. The molecule has 0 heterocycles. The molecule has 0 aliphatic carbocycles. The summed E-state index contributed by atoms with van der Waals surface area (Å²) >= 11 is 6.85. The minimum Gasteiger partial charge on any atom is -0.377 e. The number of aryl methyl sites for hydroxylation is 1. The van der Waals surface area contributed by atoms with Gasteiger partial charge in [0.25, 0.3) is 5.69 Å².